The minimum absolute atomic E-state index is 0. The van der Waals surface area contributed by atoms with E-state index in [0.717, 1.165) is 10.4 Å². The fourth-order valence-corrected chi connectivity index (χ4v) is 0. The molecule has 6 heavy (non-hydrogen) atoms. The van der Waals surface area contributed by atoms with E-state index >= 15 is 0 Å². The fourth-order valence-electron chi connectivity index (χ4n) is 0. The van der Waals surface area contributed by atoms with Gasteiger partial charge in [-0.25, -0.2) is 0 Å². The summed E-state index contributed by atoms with van der Waals surface area (Å²) in [6, 6.07) is 0. The molecule has 0 aromatic heterocycles. The van der Waals surface area contributed by atoms with Gasteiger partial charge in [0, 0.05) is 19.5 Å². The number of thiol groups is 1. The molecule has 0 aliphatic heterocycles. The van der Waals surface area contributed by atoms with E-state index in [-0.39, 0.29) is 19.5 Å². The molecular formula is H3O2PS2Zn. The first-order chi connectivity index (χ1) is 2.27. The van der Waals surface area contributed by atoms with Crippen LogP contribution in [0.5, 0.6) is 0 Å². The van der Waals surface area contributed by atoms with Gasteiger partial charge >= 0.3 is 0 Å². The molecule has 0 saturated heterocycles. The van der Waals surface area contributed by atoms with Crippen LogP contribution in [0.4, 0.5) is 0 Å². The van der Waals surface area contributed by atoms with Gasteiger partial charge < -0.3 is 9.79 Å². The Balaban J connectivity index is 0. The summed E-state index contributed by atoms with van der Waals surface area (Å²) in [6.07, 6.45) is 0. The normalized spacial score (nSPS) is 8.00. The molecule has 0 rings (SSSR count). The van der Waals surface area contributed by atoms with Crippen LogP contribution in [-0.2, 0) is 19.5 Å². The van der Waals surface area contributed by atoms with Crippen molar-refractivity contribution >= 4 is 29.7 Å². The van der Waals surface area contributed by atoms with E-state index in [1.54, 1.807) is 0 Å². The van der Waals surface area contributed by atoms with E-state index in [9.17, 15) is 0 Å². The zero-order valence-corrected chi connectivity index (χ0v) is 8.48. The van der Waals surface area contributed by atoms with E-state index in [1.165, 1.54) is 0 Å². The van der Waals surface area contributed by atoms with Gasteiger partial charge in [-0.05, 0) is 10.4 Å². The number of hydrogen-bond donors (Lipinski definition) is 3. The molecule has 0 aliphatic rings. The molecule has 0 bridgehead atoms. The first-order valence-corrected chi connectivity index (χ1v) is 4.49. The van der Waals surface area contributed by atoms with Gasteiger partial charge in [-0.3, -0.25) is 0 Å². The Kier molecular flexibility index (Phi) is 11.8. The van der Waals surface area contributed by atoms with Crippen molar-refractivity contribution in [1.82, 2.24) is 0 Å². The Bertz CT molecular complexity index is 25.5. The third-order valence-electron chi connectivity index (χ3n) is 0.0730. The molecule has 0 atom stereocenters. The van der Waals surface area contributed by atoms with Crippen LogP contribution in [0.1, 0.15) is 0 Å². The van der Waals surface area contributed by atoms with Gasteiger partial charge in [0.25, 0.3) is 0 Å². The van der Waals surface area contributed by atoms with Crippen molar-refractivity contribution < 1.29 is 29.3 Å². The minimum Gasteiger partial charge on any atom is -0.341 e. The Morgan fingerprint density at radius 2 is 1.67 bits per heavy atom. The molecule has 0 heterocycles. The third kappa shape index (κ3) is 9.18. The Morgan fingerprint density at radius 3 is 1.67 bits per heavy atom. The van der Waals surface area contributed by atoms with Crippen LogP contribution < -0.4 is 0 Å². The van der Waals surface area contributed by atoms with Gasteiger partial charge in [-0.2, -0.15) is 0 Å². The maximum atomic E-state index is 7.87. The molecule has 0 amide bonds. The van der Waals surface area contributed by atoms with Crippen molar-refractivity contribution in [3.63, 3.8) is 0 Å². The minimum atomic E-state index is -1.82. The molecule has 0 fully saturated rings. The van der Waals surface area contributed by atoms with Gasteiger partial charge in [0.05, 0.1) is 0 Å². The second-order valence-electron chi connectivity index (χ2n) is 0.334. The maximum Gasteiger partial charge on any atom is 0.243 e. The molecule has 6 heteroatoms. The molecular weight excluding hydrogens is 192 g/mol. The summed E-state index contributed by atoms with van der Waals surface area (Å²) in [4.78, 5) is 15.7. The molecule has 0 spiro atoms. The molecule has 2 nitrogen and oxygen atoms in total. The van der Waals surface area contributed by atoms with Crippen LogP contribution in [0.3, 0.4) is 0 Å². The van der Waals surface area contributed by atoms with Crippen molar-refractivity contribution in [2.45, 2.75) is 0 Å². The van der Waals surface area contributed by atoms with Crippen LogP contribution >= 0.6 is 29.7 Å². The van der Waals surface area contributed by atoms with Crippen molar-refractivity contribution in [2.75, 3.05) is 0 Å². The van der Waals surface area contributed by atoms with Crippen molar-refractivity contribution in [3.8, 4) is 0 Å². The SMILES string of the molecule is OP(O)SS.[Zn]. The molecule has 0 aromatic carbocycles. The Labute approximate surface area is 58.9 Å². The number of rotatable bonds is 1. The van der Waals surface area contributed by atoms with Crippen LogP contribution in [0.15, 0.2) is 0 Å². The summed E-state index contributed by atoms with van der Waals surface area (Å²) in [6.45, 7) is 0. The predicted octanol–water partition coefficient (Wildman–Crippen LogP) is 0.773. The van der Waals surface area contributed by atoms with Crippen LogP contribution in [-0.4, -0.2) is 9.79 Å². The van der Waals surface area contributed by atoms with Crippen molar-refractivity contribution in [1.29, 1.82) is 0 Å². The topological polar surface area (TPSA) is 40.5 Å². The van der Waals surface area contributed by atoms with Crippen LogP contribution in [0.2, 0.25) is 0 Å². The summed E-state index contributed by atoms with van der Waals surface area (Å²) in [5.74, 6) is 0. The maximum absolute atomic E-state index is 7.87. The standard InChI is InChI=1S/H3O2PS2.Zn/c1-3(2)5-4;/h1-2,4H;. The number of hydrogen-bond acceptors (Lipinski definition) is 4. The molecule has 0 aromatic rings. The fraction of sp³-hybridized carbons (Fsp3) is 0. The Morgan fingerprint density at radius 1 is 1.50 bits per heavy atom. The first kappa shape index (κ1) is 10.6. The third-order valence-corrected chi connectivity index (χ3v) is 1.97. The average Bonchev–Trinajstić information content (AvgIpc) is 1.38. The van der Waals surface area contributed by atoms with E-state index in [1.807, 2.05) is 0 Å². The average molecular weight is 196 g/mol. The predicted molar refractivity (Wildman–Crippen MR) is 27.9 cm³/mol. The van der Waals surface area contributed by atoms with Gasteiger partial charge in [0.15, 0.2) is 0 Å². The van der Waals surface area contributed by atoms with Gasteiger partial charge in [0.1, 0.15) is 0 Å². The van der Waals surface area contributed by atoms with Gasteiger partial charge in [-0.15, -0.1) is 11.7 Å². The van der Waals surface area contributed by atoms with E-state index in [2.05, 4.69) is 11.7 Å². The summed E-state index contributed by atoms with van der Waals surface area (Å²) in [7, 11) is -1.07. The summed E-state index contributed by atoms with van der Waals surface area (Å²) < 4.78 is 0. The zero-order valence-electron chi connectivity index (χ0n) is 2.90. The monoisotopic (exact) mass is 194 g/mol. The zero-order chi connectivity index (χ0) is 4.28. The molecule has 0 aliphatic carbocycles. The molecule has 2 N–H and O–H groups in total. The van der Waals surface area contributed by atoms with Gasteiger partial charge in [0.2, 0.25) is 7.58 Å². The second kappa shape index (κ2) is 6.67. The molecule has 0 unspecified atom stereocenters. The second-order valence-corrected chi connectivity index (χ2v) is 3.94. The largest absolute Gasteiger partial charge is 0.341 e. The van der Waals surface area contributed by atoms with E-state index in [0.29, 0.717) is 0 Å². The molecule has 34 valence electrons. The summed E-state index contributed by atoms with van der Waals surface area (Å²) in [5.41, 5.74) is 0. The van der Waals surface area contributed by atoms with Crippen molar-refractivity contribution in [2.24, 2.45) is 0 Å². The first-order valence-electron chi connectivity index (χ1n) is 0.765. The summed E-state index contributed by atoms with van der Waals surface area (Å²) >= 11 is 3.46. The molecule has 0 saturated carbocycles. The summed E-state index contributed by atoms with van der Waals surface area (Å²) in [5, 5.41) is 0. The van der Waals surface area contributed by atoms with Gasteiger partial charge in [-0.1, -0.05) is 0 Å². The van der Waals surface area contributed by atoms with Crippen LogP contribution in [0, 0.1) is 0 Å². The van der Waals surface area contributed by atoms with E-state index in [4.69, 9.17) is 9.79 Å². The quantitative estimate of drug-likeness (QED) is 0.251. The Hall–Kier alpha value is 1.67. The molecule has 0 radical (unpaired) electrons. The van der Waals surface area contributed by atoms with Crippen molar-refractivity contribution in [3.05, 3.63) is 0 Å². The van der Waals surface area contributed by atoms with E-state index < -0.39 is 7.58 Å². The van der Waals surface area contributed by atoms with Crippen LogP contribution in [0.25, 0.3) is 0 Å². The smallest absolute Gasteiger partial charge is 0.243 e.